The van der Waals surface area contributed by atoms with Crippen LogP contribution in [0.5, 0.6) is 5.75 Å². The zero-order chi connectivity index (χ0) is 16.7. The lowest BCUT2D eigenvalue weighted by Crippen LogP contribution is -2.48. The van der Waals surface area contributed by atoms with Gasteiger partial charge in [0, 0.05) is 4.90 Å². The topological polar surface area (TPSA) is 75.6 Å². The molecule has 1 aromatic carbocycles. The minimum atomic E-state index is -0.855. The summed E-state index contributed by atoms with van der Waals surface area (Å²) in [5.41, 5.74) is -0.553. The van der Waals surface area contributed by atoms with Crippen LogP contribution in [-0.2, 0) is 9.59 Å². The standard InChI is InChI=1S/C17H23NO4S/c1-2-22-13-5-7-14(8-6-13)23-12-15(19)18-17(11-16(20)21)9-3-4-10-17/h5-8H,2-4,9-12H2,1H3,(H,18,19)(H,20,21). The Morgan fingerprint density at radius 2 is 1.91 bits per heavy atom. The van der Waals surface area contributed by atoms with Crippen LogP contribution in [0, 0.1) is 0 Å². The highest BCUT2D eigenvalue weighted by atomic mass is 32.2. The first-order chi connectivity index (χ1) is 11.0. The summed E-state index contributed by atoms with van der Waals surface area (Å²) in [7, 11) is 0. The number of benzene rings is 1. The van der Waals surface area contributed by atoms with Gasteiger partial charge in [-0.2, -0.15) is 0 Å². The maximum Gasteiger partial charge on any atom is 0.305 e. The average Bonchev–Trinajstić information content (AvgIpc) is 2.94. The Balaban J connectivity index is 1.85. The molecule has 23 heavy (non-hydrogen) atoms. The van der Waals surface area contributed by atoms with Crippen LogP contribution >= 0.6 is 11.8 Å². The molecule has 126 valence electrons. The van der Waals surface area contributed by atoms with Gasteiger partial charge in [0.1, 0.15) is 5.75 Å². The Bertz CT molecular complexity index is 538. The number of carboxylic acid groups (broad SMARTS) is 1. The second kappa shape index (κ2) is 8.24. The van der Waals surface area contributed by atoms with E-state index < -0.39 is 11.5 Å². The molecule has 2 rings (SSSR count). The van der Waals surface area contributed by atoms with Crippen molar-refractivity contribution >= 4 is 23.6 Å². The van der Waals surface area contributed by atoms with Gasteiger partial charge in [-0.25, -0.2) is 0 Å². The number of ether oxygens (including phenoxy) is 1. The fourth-order valence-corrected chi connectivity index (χ4v) is 3.67. The summed E-state index contributed by atoms with van der Waals surface area (Å²) in [6.45, 7) is 2.56. The zero-order valence-corrected chi connectivity index (χ0v) is 14.2. The molecule has 0 atom stereocenters. The van der Waals surface area contributed by atoms with E-state index in [9.17, 15) is 9.59 Å². The number of carbonyl (C=O) groups excluding carboxylic acids is 1. The summed E-state index contributed by atoms with van der Waals surface area (Å²) in [6.07, 6.45) is 3.45. The van der Waals surface area contributed by atoms with Gasteiger partial charge in [0.25, 0.3) is 0 Å². The van der Waals surface area contributed by atoms with Crippen molar-refractivity contribution in [2.45, 2.75) is 49.5 Å². The molecule has 1 aliphatic carbocycles. The summed E-state index contributed by atoms with van der Waals surface area (Å²) < 4.78 is 5.38. The molecule has 1 saturated carbocycles. The summed E-state index contributed by atoms with van der Waals surface area (Å²) in [5.74, 6) is 0.140. The van der Waals surface area contributed by atoms with E-state index in [0.29, 0.717) is 6.61 Å². The molecule has 5 nitrogen and oxygen atoms in total. The predicted octanol–water partition coefficient (Wildman–Crippen LogP) is 3.08. The smallest absolute Gasteiger partial charge is 0.305 e. The third-order valence-corrected chi connectivity index (χ3v) is 4.97. The van der Waals surface area contributed by atoms with Gasteiger partial charge in [-0.15, -0.1) is 11.8 Å². The molecular formula is C17H23NO4S. The van der Waals surface area contributed by atoms with E-state index in [2.05, 4.69) is 5.32 Å². The number of aliphatic carboxylic acids is 1. The maximum absolute atomic E-state index is 12.2. The number of nitrogens with one attached hydrogen (secondary N) is 1. The molecule has 1 fully saturated rings. The van der Waals surface area contributed by atoms with Crippen molar-refractivity contribution in [3.05, 3.63) is 24.3 Å². The van der Waals surface area contributed by atoms with Crippen LogP contribution in [0.15, 0.2) is 29.2 Å². The second-order valence-corrected chi connectivity index (χ2v) is 6.85. The van der Waals surface area contributed by atoms with Crippen LogP contribution in [-0.4, -0.2) is 34.9 Å². The number of hydrogen-bond acceptors (Lipinski definition) is 4. The van der Waals surface area contributed by atoms with Crippen molar-refractivity contribution in [1.29, 1.82) is 0 Å². The number of carboxylic acids is 1. The second-order valence-electron chi connectivity index (χ2n) is 5.80. The minimum Gasteiger partial charge on any atom is -0.494 e. The molecule has 0 aromatic heterocycles. The highest BCUT2D eigenvalue weighted by Gasteiger charge is 2.37. The van der Waals surface area contributed by atoms with Crippen molar-refractivity contribution in [3.63, 3.8) is 0 Å². The van der Waals surface area contributed by atoms with Gasteiger partial charge in [0.15, 0.2) is 0 Å². The van der Waals surface area contributed by atoms with Gasteiger partial charge in [-0.3, -0.25) is 9.59 Å². The molecule has 1 aromatic rings. The molecule has 0 unspecified atom stereocenters. The Morgan fingerprint density at radius 3 is 2.48 bits per heavy atom. The zero-order valence-electron chi connectivity index (χ0n) is 13.3. The average molecular weight is 337 g/mol. The molecular weight excluding hydrogens is 314 g/mol. The van der Waals surface area contributed by atoms with E-state index in [1.807, 2.05) is 31.2 Å². The molecule has 6 heteroatoms. The van der Waals surface area contributed by atoms with E-state index >= 15 is 0 Å². The van der Waals surface area contributed by atoms with Crippen molar-refractivity contribution in [2.24, 2.45) is 0 Å². The van der Waals surface area contributed by atoms with Crippen LogP contribution in [0.4, 0.5) is 0 Å². The van der Waals surface area contributed by atoms with Crippen LogP contribution in [0.25, 0.3) is 0 Å². The molecule has 0 radical (unpaired) electrons. The van der Waals surface area contributed by atoms with Gasteiger partial charge >= 0.3 is 5.97 Å². The maximum atomic E-state index is 12.2. The van der Waals surface area contributed by atoms with E-state index in [1.165, 1.54) is 11.8 Å². The van der Waals surface area contributed by atoms with Crippen molar-refractivity contribution in [1.82, 2.24) is 5.32 Å². The largest absolute Gasteiger partial charge is 0.494 e. The van der Waals surface area contributed by atoms with Crippen LogP contribution < -0.4 is 10.1 Å². The van der Waals surface area contributed by atoms with Gasteiger partial charge in [0.05, 0.1) is 24.3 Å². The van der Waals surface area contributed by atoms with Crippen LogP contribution in [0.2, 0.25) is 0 Å². The van der Waals surface area contributed by atoms with Gasteiger partial charge < -0.3 is 15.2 Å². The van der Waals surface area contributed by atoms with E-state index in [4.69, 9.17) is 9.84 Å². The van der Waals surface area contributed by atoms with Crippen molar-refractivity contribution in [2.75, 3.05) is 12.4 Å². The van der Waals surface area contributed by atoms with Crippen molar-refractivity contribution < 1.29 is 19.4 Å². The Hall–Kier alpha value is -1.69. The summed E-state index contributed by atoms with van der Waals surface area (Å²) >= 11 is 1.44. The third kappa shape index (κ3) is 5.46. The lowest BCUT2D eigenvalue weighted by molar-refractivity contribution is -0.139. The highest BCUT2D eigenvalue weighted by molar-refractivity contribution is 8.00. The molecule has 0 heterocycles. The normalized spacial score (nSPS) is 16.0. The Labute approximate surface area is 140 Å². The first kappa shape index (κ1) is 17.7. The van der Waals surface area contributed by atoms with Crippen LogP contribution in [0.1, 0.15) is 39.0 Å². The number of rotatable bonds is 8. The number of thioether (sulfide) groups is 1. The minimum absolute atomic E-state index is 0.00641. The summed E-state index contributed by atoms with van der Waals surface area (Å²) in [6, 6.07) is 7.61. The summed E-state index contributed by atoms with van der Waals surface area (Å²) in [4.78, 5) is 24.2. The van der Waals surface area contributed by atoms with Gasteiger partial charge in [0.2, 0.25) is 5.91 Å². The molecule has 1 amide bonds. The molecule has 2 N–H and O–H groups in total. The lowest BCUT2D eigenvalue weighted by Gasteiger charge is -2.28. The van der Waals surface area contributed by atoms with E-state index in [-0.39, 0.29) is 18.1 Å². The third-order valence-electron chi connectivity index (χ3n) is 3.96. The predicted molar refractivity (Wildman–Crippen MR) is 89.9 cm³/mol. The van der Waals surface area contributed by atoms with Gasteiger partial charge in [-0.05, 0) is 44.0 Å². The number of carbonyl (C=O) groups is 2. The Morgan fingerprint density at radius 1 is 1.26 bits per heavy atom. The van der Waals surface area contributed by atoms with Crippen LogP contribution in [0.3, 0.4) is 0 Å². The molecule has 0 aliphatic heterocycles. The first-order valence-corrected chi connectivity index (χ1v) is 8.90. The molecule has 1 aliphatic rings. The number of hydrogen-bond donors (Lipinski definition) is 2. The summed E-state index contributed by atoms with van der Waals surface area (Å²) in [5, 5.41) is 12.0. The first-order valence-electron chi connectivity index (χ1n) is 7.91. The molecule has 0 spiro atoms. The highest BCUT2D eigenvalue weighted by Crippen LogP contribution is 2.33. The Kier molecular flexibility index (Phi) is 6.33. The molecule has 0 saturated heterocycles. The monoisotopic (exact) mass is 337 g/mol. The quantitative estimate of drug-likeness (QED) is 0.713. The van der Waals surface area contributed by atoms with E-state index in [0.717, 1.165) is 36.3 Å². The fraction of sp³-hybridized carbons (Fsp3) is 0.529. The molecule has 0 bridgehead atoms. The fourth-order valence-electron chi connectivity index (χ4n) is 2.97. The van der Waals surface area contributed by atoms with Crippen molar-refractivity contribution in [3.8, 4) is 5.75 Å². The number of amides is 1. The van der Waals surface area contributed by atoms with Gasteiger partial charge in [-0.1, -0.05) is 12.8 Å². The lowest BCUT2D eigenvalue weighted by atomic mass is 9.93. The van der Waals surface area contributed by atoms with E-state index in [1.54, 1.807) is 0 Å². The SMILES string of the molecule is CCOc1ccc(SCC(=O)NC2(CC(=O)O)CCCC2)cc1.